The lowest BCUT2D eigenvalue weighted by atomic mass is 10.0. The number of ether oxygens (including phenoxy) is 1. The maximum atomic E-state index is 11.2. The number of aryl methyl sites for hydroxylation is 2. The smallest absolute Gasteiger partial charge is 0.337 e. The number of nitrogens with zero attached hydrogens (tertiary/aromatic N) is 1. The van der Waals surface area contributed by atoms with Gasteiger partial charge < -0.3 is 9.84 Å². The molecule has 0 unspecified atom stereocenters. The summed E-state index contributed by atoms with van der Waals surface area (Å²) in [6, 6.07) is 7.05. The molecule has 1 aromatic heterocycles. The maximum absolute atomic E-state index is 11.2. The van der Waals surface area contributed by atoms with Gasteiger partial charge in [0.2, 0.25) is 0 Å². The highest BCUT2D eigenvalue weighted by molar-refractivity contribution is 6.31. The largest absolute Gasteiger partial charge is 0.493 e. The van der Waals surface area contributed by atoms with Gasteiger partial charge in [0.15, 0.2) is 0 Å². The summed E-state index contributed by atoms with van der Waals surface area (Å²) >= 11 is 6.05. The standard InChI is InChI=1S/C16H16ClNO3/c1-4-21-14-6-5-11(17)8-12(14)13-7-9(2)15(16(19)20)10(3)18-13/h5-8H,4H2,1-3H3,(H,19,20). The summed E-state index contributed by atoms with van der Waals surface area (Å²) < 4.78 is 5.59. The van der Waals surface area contributed by atoms with Gasteiger partial charge in [-0.3, -0.25) is 4.98 Å². The predicted molar refractivity (Wildman–Crippen MR) is 82.3 cm³/mol. The highest BCUT2D eigenvalue weighted by Crippen LogP contribution is 2.33. The second-order valence-electron chi connectivity index (χ2n) is 4.66. The van der Waals surface area contributed by atoms with Crippen molar-refractivity contribution in [1.82, 2.24) is 4.98 Å². The summed E-state index contributed by atoms with van der Waals surface area (Å²) in [6.45, 7) is 5.87. The van der Waals surface area contributed by atoms with E-state index in [-0.39, 0.29) is 5.56 Å². The molecule has 4 nitrogen and oxygen atoms in total. The first kappa shape index (κ1) is 15.3. The summed E-state index contributed by atoms with van der Waals surface area (Å²) in [4.78, 5) is 15.6. The number of aromatic nitrogens is 1. The second kappa shape index (κ2) is 6.14. The van der Waals surface area contributed by atoms with Crippen molar-refractivity contribution in [3.8, 4) is 17.0 Å². The molecule has 0 aliphatic rings. The molecule has 0 atom stereocenters. The van der Waals surface area contributed by atoms with E-state index in [9.17, 15) is 9.90 Å². The van der Waals surface area contributed by atoms with Crippen LogP contribution >= 0.6 is 11.6 Å². The molecule has 0 radical (unpaired) electrons. The summed E-state index contributed by atoms with van der Waals surface area (Å²) in [5, 5.41) is 9.78. The zero-order chi connectivity index (χ0) is 15.6. The molecule has 1 aromatic carbocycles. The Hall–Kier alpha value is -2.07. The number of rotatable bonds is 4. The zero-order valence-corrected chi connectivity index (χ0v) is 12.9. The van der Waals surface area contributed by atoms with Crippen LogP contribution in [0.4, 0.5) is 0 Å². The van der Waals surface area contributed by atoms with Gasteiger partial charge in [-0.2, -0.15) is 0 Å². The average Bonchev–Trinajstić information content (AvgIpc) is 2.39. The van der Waals surface area contributed by atoms with Gasteiger partial charge in [-0.25, -0.2) is 4.79 Å². The molecule has 2 aromatic rings. The quantitative estimate of drug-likeness (QED) is 0.923. The lowest BCUT2D eigenvalue weighted by Crippen LogP contribution is -2.06. The normalized spacial score (nSPS) is 10.5. The third-order valence-corrected chi connectivity index (χ3v) is 3.36. The van der Waals surface area contributed by atoms with Gasteiger partial charge in [0.25, 0.3) is 0 Å². The van der Waals surface area contributed by atoms with Crippen LogP contribution in [0.5, 0.6) is 5.75 Å². The molecule has 1 heterocycles. The minimum Gasteiger partial charge on any atom is -0.493 e. The number of aromatic carboxylic acids is 1. The Kier molecular flexibility index (Phi) is 4.48. The fraction of sp³-hybridized carbons (Fsp3) is 0.250. The van der Waals surface area contributed by atoms with E-state index in [1.165, 1.54) is 0 Å². The van der Waals surface area contributed by atoms with E-state index < -0.39 is 5.97 Å². The first-order valence-corrected chi connectivity index (χ1v) is 6.96. The van der Waals surface area contributed by atoms with Crippen molar-refractivity contribution in [1.29, 1.82) is 0 Å². The Bertz CT molecular complexity index is 675. The molecule has 0 spiro atoms. The minimum atomic E-state index is -0.972. The van der Waals surface area contributed by atoms with Gasteiger partial charge in [0, 0.05) is 10.6 Å². The van der Waals surface area contributed by atoms with Gasteiger partial charge in [0.05, 0.1) is 23.6 Å². The molecule has 0 aliphatic heterocycles. The number of carboxylic acids is 1. The molecule has 0 bridgehead atoms. The molecular formula is C16H16ClNO3. The molecule has 0 amide bonds. The molecule has 1 N–H and O–H groups in total. The summed E-state index contributed by atoms with van der Waals surface area (Å²) in [5.41, 5.74) is 2.78. The van der Waals surface area contributed by atoms with E-state index in [0.29, 0.717) is 34.3 Å². The average molecular weight is 306 g/mol. The van der Waals surface area contributed by atoms with Gasteiger partial charge in [-0.1, -0.05) is 11.6 Å². The van der Waals surface area contributed by atoms with E-state index in [4.69, 9.17) is 16.3 Å². The first-order valence-electron chi connectivity index (χ1n) is 6.58. The van der Waals surface area contributed by atoms with Crippen molar-refractivity contribution in [3.63, 3.8) is 0 Å². The summed E-state index contributed by atoms with van der Waals surface area (Å²) in [5.74, 6) is -0.295. The highest BCUT2D eigenvalue weighted by atomic mass is 35.5. The molecule has 0 saturated heterocycles. The number of carbonyl (C=O) groups is 1. The van der Waals surface area contributed by atoms with Crippen LogP contribution in [0.1, 0.15) is 28.5 Å². The summed E-state index contributed by atoms with van der Waals surface area (Å²) in [6.07, 6.45) is 0. The Morgan fingerprint density at radius 3 is 2.62 bits per heavy atom. The van der Waals surface area contributed by atoms with Crippen molar-refractivity contribution < 1.29 is 14.6 Å². The van der Waals surface area contributed by atoms with Crippen LogP contribution in [0, 0.1) is 13.8 Å². The fourth-order valence-corrected chi connectivity index (χ4v) is 2.45. The molecule has 0 saturated carbocycles. The predicted octanol–water partition coefficient (Wildman–Crippen LogP) is 4.12. The van der Waals surface area contributed by atoms with Crippen molar-refractivity contribution >= 4 is 17.6 Å². The Labute approximate surface area is 128 Å². The zero-order valence-electron chi connectivity index (χ0n) is 12.1. The van der Waals surface area contributed by atoms with Gasteiger partial charge >= 0.3 is 5.97 Å². The van der Waals surface area contributed by atoms with Crippen molar-refractivity contribution in [2.75, 3.05) is 6.61 Å². The van der Waals surface area contributed by atoms with E-state index in [0.717, 1.165) is 5.56 Å². The van der Waals surface area contributed by atoms with Gasteiger partial charge in [-0.05, 0) is 50.6 Å². The monoisotopic (exact) mass is 305 g/mol. The molecule has 0 aliphatic carbocycles. The van der Waals surface area contributed by atoms with Crippen LogP contribution in [0.25, 0.3) is 11.3 Å². The molecule has 21 heavy (non-hydrogen) atoms. The Morgan fingerprint density at radius 1 is 1.33 bits per heavy atom. The van der Waals surface area contributed by atoms with Crippen molar-refractivity contribution in [2.24, 2.45) is 0 Å². The number of halogens is 1. The number of carboxylic acid groups (broad SMARTS) is 1. The SMILES string of the molecule is CCOc1ccc(Cl)cc1-c1cc(C)c(C(=O)O)c(C)n1. The van der Waals surface area contributed by atoms with Crippen LogP contribution in [0.3, 0.4) is 0 Å². The number of benzene rings is 1. The van der Waals surface area contributed by atoms with E-state index in [1.54, 1.807) is 38.1 Å². The van der Waals surface area contributed by atoms with Crippen LogP contribution in [0.15, 0.2) is 24.3 Å². The molecule has 110 valence electrons. The molecule has 5 heteroatoms. The van der Waals surface area contributed by atoms with Crippen LogP contribution in [-0.4, -0.2) is 22.7 Å². The maximum Gasteiger partial charge on any atom is 0.337 e. The van der Waals surface area contributed by atoms with Crippen LogP contribution in [0.2, 0.25) is 5.02 Å². The third kappa shape index (κ3) is 3.16. The number of hydrogen-bond donors (Lipinski definition) is 1. The Balaban J connectivity index is 2.62. The summed E-state index contributed by atoms with van der Waals surface area (Å²) in [7, 11) is 0. The molecule has 0 fully saturated rings. The van der Waals surface area contributed by atoms with Crippen LogP contribution < -0.4 is 4.74 Å². The molecule has 2 rings (SSSR count). The minimum absolute atomic E-state index is 0.235. The van der Waals surface area contributed by atoms with E-state index in [2.05, 4.69) is 4.98 Å². The topological polar surface area (TPSA) is 59.4 Å². The fourth-order valence-electron chi connectivity index (χ4n) is 2.28. The van der Waals surface area contributed by atoms with Gasteiger partial charge in [-0.15, -0.1) is 0 Å². The lowest BCUT2D eigenvalue weighted by molar-refractivity contribution is 0.0695. The third-order valence-electron chi connectivity index (χ3n) is 3.13. The van der Waals surface area contributed by atoms with E-state index in [1.807, 2.05) is 6.92 Å². The highest BCUT2D eigenvalue weighted by Gasteiger charge is 2.16. The van der Waals surface area contributed by atoms with Crippen LogP contribution in [-0.2, 0) is 0 Å². The van der Waals surface area contributed by atoms with E-state index >= 15 is 0 Å². The second-order valence-corrected chi connectivity index (χ2v) is 5.10. The molecular weight excluding hydrogens is 290 g/mol. The van der Waals surface area contributed by atoms with Gasteiger partial charge in [0.1, 0.15) is 5.75 Å². The van der Waals surface area contributed by atoms with Crippen molar-refractivity contribution in [3.05, 3.63) is 46.1 Å². The lowest BCUT2D eigenvalue weighted by Gasteiger charge is -2.13. The number of pyridine rings is 1. The number of hydrogen-bond acceptors (Lipinski definition) is 3. The van der Waals surface area contributed by atoms with Crippen molar-refractivity contribution in [2.45, 2.75) is 20.8 Å². The Morgan fingerprint density at radius 2 is 2.05 bits per heavy atom. The first-order chi connectivity index (χ1) is 9.93.